The van der Waals surface area contributed by atoms with E-state index < -0.39 is 6.10 Å². The smallest absolute Gasteiger partial charge is 0.166 e. The van der Waals surface area contributed by atoms with Gasteiger partial charge in [0.15, 0.2) is 11.5 Å². The lowest BCUT2D eigenvalue weighted by Crippen LogP contribution is -2.44. The standard InChI is InChI=1S/C17H20BrNO4/c1-19(21)6-5-17-4-3-10(20)7-14(17)23-16-13(22-2)8-12(18)11(9-19)15(16)17/h3-4,8,10,14,20H,5-7,9H2,1-2H3/t10-,14-,17?,19?/m0/s1. The summed E-state index contributed by atoms with van der Waals surface area (Å²) in [4.78, 5) is 0. The second-order valence-electron chi connectivity index (χ2n) is 6.98. The maximum absolute atomic E-state index is 12.8. The Morgan fingerprint density at radius 3 is 3.04 bits per heavy atom. The van der Waals surface area contributed by atoms with Crippen molar-refractivity contribution < 1.29 is 19.2 Å². The molecule has 2 aliphatic heterocycles. The van der Waals surface area contributed by atoms with Gasteiger partial charge in [-0.1, -0.05) is 28.1 Å². The normalized spacial score (nSPS) is 37.6. The lowest BCUT2D eigenvalue weighted by molar-refractivity contribution is -0.874. The number of benzene rings is 1. The van der Waals surface area contributed by atoms with Gasteiger partial charge in [-0.05, 0) is 6.07 Å². The third-order valence-corrected chi connectivity index (χ3v) is 6.09. The summed E-state index contributed by atoms with van der Waals surface area (Å²) in [6.07, 6.45) is 4.48. The zero-order chi connectivity index (χ0) is 16.4. The third kappa shape index (κ3) is 2.16. The molecule has 0 bridgehead atoms. The van der Waals surface area contributed by atoms with Gasteiger partial charge in [0.2, 0.25) is 0 Å². The number of quaternary nitrogens is 1. The molecule has 2 unspecified atom stereocenters. The second kappa shape index (κ2) is 4.96. The van der Waals surface area contributed by atoms with Crippen molar-refractivity contribution >= 4 is 15.9 Å². The fourth-order valence-corrected chi connectivity index (χ4v) is 4.74. The number of aliphatic hydroxyl groups is 1. The van der Waals surface area contributed by atoms with E-state index in [0.29, 0.717) is 31.7 Å². The molecule has 5 nitrogen and oxygen atoms in total. The Balaban J connectivity index is 2.01. The first kappa shape index (κ1) is 15.4. The second-order valence-corrected chi connectivity index (χ2v) is 7.84. The Morgan fingerprint density at radius 2 is 2.30 bits per heavy atom. The fraction of sp³-hybridized carbons (Fsp3) is 0.529. The van der Waals surface area contributed by atoms with Crippen molar-refractivity contribution in [2.45, 2.75) is 37.0 Å². The number of hydroxylamine groups is 3. The van der Waals surface area contributed by atoms with Crippen LogP contribution in [0.2, 0.25) is 0 Å². The van der Waals surface area contributed by atoms with Crippen molar-refractivity contribution in [3.63, 3.8) is 0 Å². The molecule has 23 heavy (non-hydrogen) atoms. The maximum Gasteiger partial charge on any atom is 0.166 e. The molecule has 4 atom stereocenters. The molecule has 1 spiro atoms. The summed E-state index contributed by atoms with van der Waals surface area (Å²) in [6.45, 7) is 0.921. The van der Waals surface area contributed by atoms with Crippen LogP contribution in [0.25, 0.3) is 0 Å². The summed E-state index contributed by atoms with van der Waals surface area (Å²) >= 11 is 3.62. The van der Waals surface area contributed by atoms with Crippen LogP contribution in [0.15, 0.2) is 22.7 Å². The topological polar surface area (TPSA) is 61.8 Å². The van der Waals surface area contributed by atoms with E-state index in [2.05, 4.69) is 22.0 Å². The number of ether oxygens (including phenoxy) is 2. The molecule has 1 aromatic carbocycles. The molecule has 6 heteroatoms. The number of halogens is 1. The maximum atomic E-state index is 12.8. The van der Waals surface area contributed by atoms with Crippen molar-refractivity contribution in [2.24, 2.45) is 0 Å². The Morgan fingerprint density at radius 1 is 1.52 bits per heavy atom. The number of hydrogen-bond acceptors (Lipinski definition) is 4. The van der Waals surface area contributed by atoms with Gasteiger partial charge in [-0.3, -0.25) is 0 Å². The zero-order valence-electron chi connectivity index (χ0n) is 13.2. The lowest BCUT2D eigenvalue weighted by Gasteiger charge is -2.40. The summed E-state index contributed by atoms with van der Waals surface area (Å²) in [7, 11) is 3.34. The van der Waals surface area contributed by atoms with E-state index in [4.69, 9.17) is 9.47 Å². The fourth-order valence-electron chi connectivity index (χ4n) is 4.21. The highest BCUT2D eigenvalue weighted by molar-refractivity contribution is 9.10. The van der Waals surface area contributed by atoms with Gasteiger partial charge in [0.05, 0.1) is 32.2 Å². The summed E-state index contributed by atoms with van der Waals surface area (Å²) in [5, 5.41) is 22.8. The van der Waals surface area contributed by atoms with Crippen LogP contribution < -0.4 is 9.47 Å². The molecule has 0 saturated carbocycles. The largest absolute Gasteiger partial charge is 0.633 e. The van der Waals surface area contributed by atoms with Crippen LogP contribution in [0.3, 0.4) is 0 Å². The number of hydrogen-bond donors (Lipinski definition) is 1. The Labute approximate surface area is 143 Å². The molecule has 0 amide bonds. The van der Waals surface area contributed by atoms with Crippen molar-refractivity contribution in [3.8, 4) is 11.5 Å². The zero-order valence-corrected chi connectivity index (χ0v) is 14.8. The molecule has 3 aliphatic rings. The molecular formula is C17H20BrNO4. The molecule has 0 radical (unpaired) electrons. The highest BCUT2D eigenvalue weighted by atomic mass is 79.9. The highest BCUT2D eigenvalue weighted by Gasteiger charge is 2.54. The van der Waals surface area contributed by atoms with Gasteiger partial charge in [0.1, 0.15) is 12.6 Å². The van der Waals surface area contributed by atoms with Crippen LogP contribution >= 0.6 is 15.9 Å². The molecule has 0 aromatic heterocycles. The molecule has 0 fully saturated rings. The van der Waals surface area contributed by atoms with E-state index in [9.17, 15) is 10.3 Å². The van der Waals surface area contributed by atoms with Crippen LogP contribution in [0, 0.1) is 5.21 Å². The number of nitrogens with zero attached hydrogens (tertiary/aromatic N) is 1. The first-order valence-corrected chi connectivity index (χ1v) is 8.65. The van der Waals surface area contributed by atoms with E-state index in [1.165, 1.54) is 0 Å². The first-order chi connectivity index (χ1) is 10.9. The molecule has 1 N–H and O–H groups in total. The van der Waals surface area contributed by atoms with E-state index in [1.807, 2.05) is 12.1 Å². The minimum Gasteiger partial charge on any atom is -0.633 e. The lowest BCUT2D eigenvalue weighted by atomic mass is 9.69. The average Bonchev–Trinajstić information content (AvgIpc) is 2.76. The van der Waals surface area contributed by atoms with Crippen LogP contribution in [-0.2, 0) is 12.0 Å². The van der Waals surface area contributed by atoms with E-state index in [0.717, 1.165) is 21.3 Å². The Kier molecular flexibility index (Phi) is 3.33. The number of aliphatic hydroxyl groups excluding tert-OH is 1. The molecule has 124 valence electrons. The van der Waals surface area contributed by atoms with Gasteiger partial charge >= 0.3 is 0 Å². The van der Waals surface area contributed by atoms with Crippen molar-refractivity contribution in [3.05, 3.63) is 39.0 Å². The summed E-state index contributed by atoms with van der Waals surface area (Å²) in [5.74, 6) is 1.41. The summed E-state index contributed by atoms with van der Waals surface area (Å²) in [5.41, 5.74) is 1.72. The molecule has 4 rings (SSSR count). The van der Waals surface area contributed by atoms with E-state index >= 15 is 0 Å². The molecule has 2 heterocycles. The van der Waals surface area contributed by atoms with Crippen molar-refractivity contribution in [2.75, 3.05) is 20.7 Å². The summed E-state index contributed by atoms with van der Waals surface area (Å²) < 4.78 is 12.3. The van der Waals surface area contributed by atoms with Gasteiger partial charge in [-0.15, -0.1) is 0 Å². The quantitative estimate of drug-likeness (QED) is 0.461. The van der Waals surface area contributed by atoms with E-state index in [1.54, 1.807) is 14.2 Å². The minimum atomic E-state index is -0.505. The monoisotopic (exact) mass is 381 g/mol. The number of methoxy groups -OCH3 is 1. The van der Waals surface area contributed by atoms with Gasteiger partial charge in [0.25, 0.3) is 0 Å². The number of rotatable bonds is 1. The average molecular weight is 382 g/mol. The predicted octanol–water partition coefficient (Wildman–Crippen LogP) is 2.63. The Hall–Kier alpha value is -1.08. The predicted molar refractivity (Wildman–Crippen MR) is 89.3 cm³/mol. The van der Waals surface area contributed by atoms with Crippen molar-refractivity contribution in [1.29, 1.82) is 0 Å². The van der Waals surface area contributed by atoms with Gasteiger partial charge < -0.3 is 24.4 Å². The van der Waals surface area contributed by atoms with Crippen LogP contribution in [0.1, 0.15) is 24.0 Å². The van der Waals surface area contributed by atoms with Gasteiger partial charge in [-0.25, -0.2) is 0 Å². The van der Waals surface area contributed by atoms with Crippen LogP contribution in [-0.4, -0.2) is 42.7 Å². The molecule has 0 saturated heterocycles. The van der Waals surface area contributed by atoms with Crippen molar-refractivity contribution in [1.82, 2.24) is 0 Å². The van der Waals surface area contributed by atoms with E-state index in [-0.39, 0.29) is 16.2 Å². The van der Waals surface area contributed by atoms with Crippen LogP contribution in [0.4, 0.5) is 0 Å². The van der Waals surface area contributed by atoms with Gasteiger partial charge in [0, 0.05) is 28.4 Å². The Bertz CT molecular complexity index is 702. The minimum absolute atomic E-state index is 0.155. The first-order valence-electron chi connectivity index (χ1n) is 7.86. The third-order valence-electron chi connectivity index (χ3n) is 5.38. The van der Waals surface area contributed by atoms with Crippen LogP contribution in [0.5, 0.6) is 11.5 Å². The van der Waals surface area contributed by atoms with Gasteiger partial charge in [-0.2, -0.15) is 0 Å². The molecule has 1 aliphatic carbocycles. The summed E-state index contributed by atoms with van der Waals surface area (Å²) in [6, 6.07) is 1.88. The molecule has 1 aromatic rings. The SMILES string of the molecule is COc1cc(Br)c2c3c1O[C@H]1C[C@@H](O)C=CC31CC[N+](C)([O-])C2. The highest BCUT2D eigenvalue weighted by Crippen LogP contribution is 2.57. The molecular weight excluding hydrogens is 362 g/mol.